The average Bonchev–Trinajstić information content (AvgIpc) is 3.03. The minimum absolute atomic E-state index is 0.0241. The lowest BCUT2D eigenvalue weighted by molar-refractivity contribution is -0.128. The number of aromatic nitrogens is 1. The van der Waals surface area contributed by atoms with Gasteiger partial charge >= 0.3 is 0 Å². The van der Waals surface area contributed by atoms with Gasteiger partial charge in [-0.25, -0.2) is 9.37 Å². The topological polar surface area (TPSA) is 33.2 Å². The Bertz CT molecular complexity index is 815. The van der Waals surface area contributed by atoms with E-state index < -0.39 is 0 Å². The van der Waals surface area contributed by atoms with Gasteiger partial charge in [0.2, 0.25) is 5.91 Å². The molecular formula is C18H17FN2OS2. The molecule has 124 valence electrons. The number of thioether (sulfide) groups is 1. The summed E-state index contributed by atoms with van der Waals surface area (Å²) in [7, 11) is 1.80. The molecule has 0 N–H and O–H groups in total. The van der Waals surface area contributed by atoms with Crippen molar-refractivity contribution in [1.82, 2.24) is 9.88 Å². The molecule has 0 bridgehead atoms. The molecule has 0 saturated carbocycles. The van der Waals surface area contributed by atoms with Crippen LogP contribution in [0.1, 0.15) is 18.0 Å². The van der Waals surface area contributed by atoms with E-state index in [1.807, 2.05) is 31.2 Å². The third kappa shape index (κ3) is 3.76. The molecule has 0 aliphatic rings. The largest absolute Gasteiger partial charge is 0.336 e. The number of thiazole rings is 1. The van der Waals surface area contributed by atoms with E-state index in [9.17, 15) is 9.18 Å². The molecule has 24 heavy (non-hydrogen) atoms. The highest BCUT2D eigenvalue weighted by molar-refractivity contribution is 8.00. The summed E-state index contributed by atoms with van der Waals surface area (Å²) >= 11 is 3.02. The molecule has 3 aromatic rings. The number of halogens is 1. The van der Waals surface area contributed by atoms with Gasteiger partial charge in [0.25, 0.3) is 0 Å². The van der Waals surface area contributed by atoms with Gasteiger partial charge in [-0.15, -0.1) is 23.1 Å². The Morgan fingerprint density at radius 2 is 1.96 bits per heavy atom. The zero-order chi connectivity index (χ0) is 17.1. The van der Waals surface area contributed by atoms with Gasteiger partial charge in [-0.05, 0) is 43.3 Å². The maximum absolute atomic E-state index is 12.9. The van der Waals surface area contributed by atoms with Gasteiger partial charge in [0, 0.05) is 11.9 Å². The zero-order valence-corrected chi connectivity index (χ0v) is 15.0. The van der Waals surface area contributed by atoms with Crippen molar-refractivity contribution in [1.29, 1.82) is 0 Å². The third-order valence-corrected chi connectivity index (χ3v) is 6.02. The van der Waals surface area contributed by atoms with Crippen LogP contribution in [0.4, 0.5) is 4.39 Å². The zero-order valence-electron chi connectivity index (χ0n) is 13.4. The Labute approximate surface area is 148 Å². The van der Waals surface area contributed by atoms with Crippen LogP contribution in [0, 0.1) is 5.82 Å². The van der Waals surface area contributed by atoms with Gasteiger partial charge in [0.15, 0.2) is 0 Å². The SMILES string of the molecule is C[C@H](c1nc2ccccc2s1)N(C)C(=O)CSc1ccc(F)cc1. The molecule has 3 nitrogen and oxygen atoms in total. The Morgan fingerprint density at radius 3 is 2.67 bits per heavy atom. The van der Waals surface area contributed by atoms with Crippen molar-refractivity contribution in [3.05, 3.63) is 59.4 Å². The molecule has 3 rings (SSSR count). The van der Waals surface area contributed by atoms with Crippen LogP contribution in [0.3, 0.4) is 0 Å². The second kappa shape index (κ2) is 7.32. The molecule has 0 saturated heterocycles. The van der Waals surface area contributed by atoms with Gasteiger partial charge in [-0.1, -0.05) is 12.1 Å². The van der Waals surface area contributed by atoms with Crippen LogP contribution in [0.5, 0.6) is 0 Å². The molecule has 0 unspecified atom stereocenters. The van der Waals surface area contributed by atoms with Crippen LogP contribution in [0.15, 0.2) is 53.4 Å². The quantitative estimate of drug-likeness (QED) is 0.616. The maximum atomic E-state index is 12.9. The minimum Gasteiger partial charge on any atom is -0.336 e. The van der Waals surface area contributed by atoms with Gasteiger partial charge < -0.3 is 4.90 Å². The average molecular weight is 360 g/mol. The first kappa shape index (κ1) is 16.9. The first-order valence-electron chi connectivity index (χ1n) is 7.54. The van der Waals surface area contributed by atoms with Gasteiger partial charge in [-0.3, -0.25) is 4.79 Å². The maximum Gasteiger partial charge on any atom is 0.233 e. The number of fused-ring (bicyclic) bond motifs is 1. The summed E-state index contributed by atoms with van der Waals surface area (Å²) in [5.74, 6) is 0.0699. The fourth-order valence-electron chi connectivity index (χ4n) is 2.23. The van der Waals surface area contributed by atoms with Crippen LogP contribution in [0.25, 0.3) is 10.2 Å². The van der Waals surface area contributed by atoms with Crippen molar-refractivity contribution in [2.75, 3.05) is 12.8 Å². The number of para-hydroxylation sites is 1. The molecule has 1 heterocycles. The van der Waals surface area contributed by atoms with Crippen LogP contribution in [-0.2, 0) is 4.79 Å². The lowest BCUT2D eigenvalue weighted by Crippen LogP contribution is -2.31. The number of nitrogens with zero attached hydrogens (tertiary/aromatic N) is 2. The van der Waals surface area contributed by atoms with E-state index in [1.165, 1.54) is 23.9 Å². The molecule has 0 aliphatic carbocycles. The molecule has 1 aromatic heterocycles. The Balaban J connectivity index is 1.64. The van der Waals surface area contributed by atoms with Crippen LogP contribution in [-0.4, -0.2) is 28.6 Å². The van der Waals surface area contributed by atoms with Crippen LogP contribution in [0.2, 0.25) is 0 Å². The highest BCUT2D eigenvalue weighted by Crippen LogP contribution is 2.29. The second-order valence-corrected chi connectivity index (χ2v) is 7.55. The molecule has 0 fully saturated rings. The van der Waals surface area contributed by atoms with Crippen molar-refractivity contribution in [3.8, 4) is 0 Å². The summed E-state index contributed by atoms with van der Waals surface area (Å²) in [6, 6.07) is 14.1. The molecular weight excluding hydrogens is 343 g/mol. The van der Waals surface area contributed by atoms with Crippen LogP contribution >= 0.6 is 23.1 Å². The van der Waals surface area contributed by atoms with Crippen molar-refractivity contribution >= 4 is 39.2 Å². The molecule has 0 aliphatic heterocycles. The van der Waals surface area contributed by atoms with E-state index in [0.717, 1.165) is 20.1 Å². The van der Waals surface area contributed by atoms with E-state index in [0.29, 0.717) is 5.75 Å². The Hall–Kier alpha value is -1.92. The predicted molar refractivity (Wildman–Crippen MR) is 97.9 cm³/mol. The molecule has 1 amide bonds. The minimum atomic E-state index is -0.271. The van der Waals surface area contributed by atoms with Crippen molar-refractivity contribution in [2.24, 2.45) is 0 Å². The monoisotopic (exact) mass is 360 g/mol. The fourth-order valence-corrected chi connectivity index (χ4v) is 4.11. The Kier molecular flexibility index (Phi) is 5.16. The number of carbonyl (C=O) groups is 1. The highest BCUT2D eigenvalue weighted by Gasteiger charge is 2.20. The summed E-state index contributed by atoms with van der Waals surface area (Å²) in [5.41, 5.74) is 0.964. The van der Waals surface area contributed by atoms with Crippen molar-refractivity contribution < 1.29 is 9.18 Å². The van der Waals surface area contributed by atoms with E-state index in [-0.39, 0.29) is 17.8 Å². The third-order valence-electron chi connectivity index (χ3n) is 3.82. The number of hydrogen-bond donors (Lipinski definition) is 0. The van der Waals surface area contributed by atoms with Gasteiger partial charge in [0.05, 0.1) is 22.0 Å². The molecule has 1 atom stereocenters. The van der Waals surface area contributed by atoms with Gasteiger partial charge in [0.1, 0.15) is 10.8 Å². The van der Waals surface area contributed by atoms with E-state index in [1.54, 1.807) is 35.4 Å². The number of rotatable bonds is 5. The lowest BCUT2D eigenvalue weighted by Gasteiger charge is -2.23. The van der Waals surface area contributed by atoms with E-state index in [4.69, 9.17) is 0 Å². The molecule has 2 aromatic carbocycles. The summed E-state index contributed by atoms with van der Waals surface area (Å²) in [4.78, 5) is 19.6. The lowest BCUT2D eigenvalue weighted by atomic mass is 10.3. The molecule has 6 heteroatoms. The summed E-state index contributed by atoms with van der Waals surface area (Å²) in [6.07, 6.45) is 0. The van der Waals surface area contributed by atoms with Crippen molar-refractivity contribution in [3.63, 3.8) is 0 Å². The first-order chi connectivity index (χ1) is 11.5. The number of benzene rings is 2. The van der Waals surface area contributed by atoms with Crippen LogP contribution < -0.4 is 0 Å². The van der Waals surface area contributed by atoms with E-state index in [2.05, 4.69) is 4.98 Å². The number of carbonyl (C=O) groups excluding carboxylic acids is 1. The Morgan fingerprint density at radius 1 is 1.25 bits per heavy atom. The smallest absolute Gasteiger partial charge is 0.233 e. The molecule has 0 spiro atoms. The van der Waals surface area contributed by atoms with Gasteiger partial charge in [-0.2, -0.15) is 0 Å². The van der Waals surface area contributed by atoms with E-state index >= 15 is 0 Å². The predicted octanol–water partition coefficient (Wildman–Crippen LogP) is 4.75. The normalized spacial score (nSPS) is 12.3. The number of amides is 1. The summed E-state index contributed by atoms with van der Waals surface area (Å²) < 4.78 is 14.0. The second-order valence-electron chi connectivity index (χ2n) is 5.44. The fraction of sp³-hybridized carbons (Fsp3) is 0.222. The summed E-state index contributed by atoms with van der Waals surface area (Å²) in [6.45, 7) is 1.98. The number of hydrogen-bond acceptors (Lipinski definition) is 4. The standard InChI is InChI=1S/C18H17FN2OS2/c1-12(18-20-15-5-3-4-6-16(15)24-18)21(2)17(22)11-23-14-9-7-13(19)8-10-14/h3-10,12H,11H2,1-2H3/t12-/m1/s1. The molecule has 0 radical (unpaired) electrons. The van der Waals surface area contributed by atoms with Crippen molar-refractivity contribution in [2.45, 2.75) is 17.9 Å². The first-order valence-corrected chi connectivity index (χ1v) is 9.34. The highest BCUT2D eigenvalue weighted by atomic mass is 32.2. The summed E-state index contributed by atoms with van der Waals surface area (Å²) in [5, 5.41) is 0.929.